The fourth-order valence-electron chi connectivity index (χ4n) is 2.66. The molecule has 9 heteroatoms. The number of aliphatic carboxylic acids is 2. The van der Waals surface area contributed by atoms with E-state index in [1.807, 2.05) is 4.68 Å². The highest BCUT2D eigenvalue weighted by molar-refractivity contribution is 6.27. The van der Waals surface area contributed by atoms with Crippen LogP contribution in [0.15, 0.2) is 37.1 Å². The lowest BCUT2D eigenvalue weighted by atomic mass is 10.1. The maximum atomic E-state index is 9.10. The van der Waals surface area contributed by atoms with Gasteiger partial charge in [0.15, 0.2) is 0 Å². The molecule has 2 N–H and O–H groups in total. The molecule has 3 rings (SSSR count). The molecular weight excluding hydrogens is 350 g/mol. The first kappa shape index (κ1) is 20.1. The van der Waals surface area contributed by atoms with Gasteiger partial charge >= 0.3 is 11.9 Å². The second kappa shape index (κ2) is 8.95. The van der Waals surface area contributed by atoms with Crippen molar-refractivity contribution < 1.29 is 19.8 Å². The predicted molar refractivity (Wildman–Crippen MR) is 99.6 cm³/mol. The molecule has 0 amide bonds. The number of carboxylic acid groups (broad SMARTS) is 2. The van der Waals surface area contributed by atoms with Crippen LogP contribution in [0, 0.1) is 0 Å². The first-order valence-corrected chi connectivity index (χ1v) is 8.28. The van der Waals surface area contributed by atoms with Gasteiger partial charge in [0.05, 0.1) is 6.54 Å². The van der Waals surface area contributed by atoms with Gasteiger partial charge in [-0.25, -0.2) is 19.3 Å². The summed E-state index contributed by atoms with van der Waals surface area (Å²) in [6.45, 7) is 1.82. The van der Waals surface area contributed by atoms with Gasteiger partial charge in [-0.15, -0.1) is 0 Å². The summed E-state index contributed by atoms with van der Waals surface area (Å²) in [5, 5.41) is 20.3. The maximum Gasteiger partial charge on any atom is 0.414 e. The summed E-state index contributed by atoms with van der Waals surface area (Å²) in [5.41, 5.74) is 3.94. The Morgan fingerprint density at radius 2 is 1.89 bits per heavy atom. The number of aryl methyl sites for hydroxylation is 1. The lowest BCUT2D eigenvalue weighted by molar-refractivity contribution is -0.159. The lowest BCUT2D eigenvalue weighted by Crippen LogP contribution is -2.14. The second-order valence-corrected chi connectivity index (χ2v) is 6.37. The maximum absolute atomic E-state index is 9.10. The number of rotatable bonds is 5. The normalized spacial score (nSPS) is 10.7. The van der Waals surface area contributed by atoms with Crippen LogP contribution >= 0.6 is 0 Å². The van der Waals surface area contributed by atoms with E-state index in [-0.39, 0.29) is 0 Å². The lowest BCUT2D eigenvalue weighted by Gasteiger charge is -2.08. The SMILES string of the molecule is CN(C)CCc1cn(C)c2ccc(Cn3cncn3)cc12.O=C(O)C(=O)O. The molecule has 2 aromatic heterocycles. The third-order valence-corrected chi connectivity index (χ3v) is 3.96. The number of hydrogen-bond donors (Lipinski definition) is 2. The van der Waals surface area contributed by atoms with E-state index >= 15 is 0 Å². The van der Waals surface area contributed by atoms with Gasteiger partial charge in [-0.3, -0.25) is 0 Å². The highest BCUT2D eigenvalue weighted by atomic mass is 16.4. The largest absolute Gasteiger partial charge is 0.473 e. The van der Waals surface area contributed by atoms with Crippen LogP contribution in [-0.4, -0.2) is 67.0 Å². The predicted octanol–water partition coefficient (Wildman–Crippen LogP) is 1.08. The second-order valence-electron chi connectivity index (χ2n) is 6.37. The molecule has 0 aliphatic carbocycles. The molecule has 0 aliphatic heterocycles. The quantitative estimate of drug-likeness (QED) is 0.643. The van der Waals surface area contributed by atoms with Crippen LogP contribution in [-0.2, 0) is 29.6 Å². The van der Waals surface area contributed by atoms with Crippen molar-refractivity contribution in [1.82, 2.24) is 24.2 Å². The molecule has 9 nitrogen and oxygen atoms in total. The van der Waals surface area contributed by atoms with Gasteiger partial charge in [0.1, 0.15) is 12.7 Å². The molecule has 0 atom stereocenters. The van der Waals surface area contributed by atoms with Crippen LogP contribution in [0.3, 0.4) is 0 Å². The zero-order valence-electron chi connectivity index (χ0n) is 15.5. The number of nitrogens with zero attached hydrogens (tertiary/aromatic N) is 5. The summed E-state index contributed by atoms with van der Waals surface area (Å²) in [5.74, 6) is -3.65. The first-order chi connectivity index (χ1) is 12.8. The van der Waals surface area contributed by atoms with Crippen LogP contribution < -0.4 is 0 Å². The van der Waals surface area contributed by atoms with Gasteiger partial charge in [0, 0.05) is 30.7 Å². The third-order valence-electron chi connectivity index (χ3n) is 3.96. The summed E-state index contributed by atoms with van der Waals surface area (Å²) < 4.78 is 4.06. The van der Waals surface area contributed by atoms with Gasteiger partial charge < -0.3 is 19.7 Å². The van der Waals surface area contributed by atoms with Crippen LogP contribution in [0.2, 0.25) is 0 Å². The van der Waals surface area contributed by atoms with E-state index in [1.165, 1.54) is 22.0 Å². The van der Waals surface area contributed by atoms with Crippen molar-refractivity contribution in [3.63, 3.8) is 0 Å². The van der Waals surface area contributed by atoms with Gasteiger partial charge in [-0.05, 0) is 43.8 Å². The van der Waals surface area contributed by atoms with Crippen molar-refractivity contribution >= 4 is 22.8 Å². The smallest absolute Gasteiger partial charge is 0.414 e. The fraction of sp³-hybridized carbons (Fsp3) is 0.333. The highest BCUT2D eigenvalue weighted by Gasteiger charge is 2.08. The molecule has 0 saturated heterocycles. The minimum Gasteiger partial charge on any atom is -0.473 e. The number of carbonyl (C=O) groups is 2. The van der Waals surface area contributed by atoms with Crippen molar-refractivity contribution in [1.29, 1.82) is 0 Å². The molecule has 0 fully saturated rings. The van der Waals surface area contributed by atoms with Gasteiger partial charge in [0.2, 0.25) is 0 Å². The number of carboxylic acids is 2. The summed E-state index contributed by atoms with van der Waals surface area (Å²) in [6.07, 6.45) is 6.64. The Kier molecular flexibility index (Phi) is 6.67. The Bertz CT molecular complexity index is 903. The number of benzene rings is 1. The monoisotopic (exact) mass is 373 g/mol. The molecule has 144 valence electrons. The van der Waals surface area contributed by atoms with Crippen LogP contribution in [0.5, 0.6) is 0 Å². The van der Waals surface area contributed by atoms with E-state index in [1.54, 1.807) is 12.7 Å². The summed E-state index contributed by atoms with van der Waals surface area (Å²) in [7, 11) is 6.33. The van der Waals surface area contributed by atoms with E-state index in [9.17, 15) is 0 Å². The average Bonchev–Trinajstić information content (AvgIpc) is 3.21. The van der Waals surface area contributed by atoms with Crippen molar-refractivity contribution in [2.75, 3.05) is 20.6 Å². The van der Waals surface area contributed by atoms with Crippen molar-refractivity contribution in [2.45, 2.75) is 13.0 Å². The molecule has 0 aliphatic rings. The Morgan fingerprint density at radius 1 is 1.19 bits per heavy atom. The van der Waals surface area contributed by atoms with Crippen molar-refractivity contribution in [3.8, 4) is 0 Å². The van der Waals surface area contributed by atoms with Crippen molar-refractivity contribution in [2.24, 2.45) is 7.05 Å². The van der Waals surface area contributed by atoms with Crippen molar-refractivity contribution in [3.05, 3.63) is 48.2 Å². The average molecular weight is 373 g/mol. The minimum absolute atomic E-state index is 0.762. The Hall–Kier alpha value is -3.20. The Morgan fingerprint density at radius 3 is 2.44 bits per heavy atom. The van der Waals surface area contributed by atoms with E-state index < -0.39 is 11.9 Å². The topological polar surface area (TPSA) is 113 Å². The van der Waals surface area contributed by atoms with Gasteiger partial charge in [0.25, 0.3) is 0 Å². The summed E-state index contributed by atoms with van der Waals surface area (Å²) in [4.78, 5) is 24.4. The Balaban J connectivity index is 0.000000380. The highest BCUT2D eigenvalue weighted by Crippen LogP contribution is 2.23. The molecule has 27 heavy (non-hydrogen) atoms. The molecule has 2 heterocycles. The summed E-state index contributed by atoms with van der Waals surface area (Å²) in [6, 6.07) is 6.64. The number of hydrogen-bond acceptors (Lipinski definition) is 5. The molecule has 0 bridgehead atoms. The van der Waals surface area contributed by atoms with Crippen LogP contribution in [0.4, 0.5) is 0 Å². The molecule has 1 aromatic carbocycles. The third kappa shape index (κ3) is 5.65. The molecule has 0 spiro atoms. The Labute approximate surface area is 156 Å². The molecular formula is C18H23N5O4. The molecule has 0 radical (unpaired) electrons. The molecule has 3 aromatic rings. The summed E-state index contributed by atoms with van der Waals surface area (Å²) >= 11 is 0. The van der Waals surface area contributed by atoms with E-state index in [0.29, 0.717) is 0 Å². The number of aromatic nitrogens is 4. The zero-order chi connectivity index (χ0) is 20.0. The van der Waals surface area contributed by atoms with Crippen LogP contribution in [0.1, 0.15) is 11.1 Å². The first-order valence-electron chi connectivity index (χ1n) is 8.28. The van der Waals surface area contributed by atoms with E-state index in [4.69, 9.17) is 19.8 Å². The van der Waals surface area contributed by atoms with Gasteiger partial charge in [-0.2, -0.15) is 5.10 Å². The number of fused-ring (bicyclic) bond motifs is 1. The minimum atomic E-state index is -1.82. The van der Waals surface area contributed by atoms with E-state index in [2.05, 4.69) is 65.1 Å². The van der Waals surface area contributed by atoms with Gasteiger partial charge in [-0.1, -0.05) is 6.07 Å². The van der Waals surface area contributed by atoms with E-state index in [0.717, 1.165) is 19.5 Å². The molecule has 0 saturated carbocycles. The molecule has 0 unspecified atom stereocenters. The fourth-order valence-corrected chi connectivity index (χ4v) is 2.66. The standard InChI is InChI=1S/C16H21N5.C2H2O4/c1-19(2)7-6-14-10-20(3)16-5-4-13(8-15(14)16)9-21-12-17-11-18-21;3-1(4)2(5)6/h4-5,8,10-12H,6-7,9H2,1-3H3;(H,3,4)(H,5,6). The number of likely N-dealkylation sites (N-methyl/N-ethyl adjacent to an activating group) is 1. The van der Waals surface area contributed by atoms with Crippen LogP contribution in [0.25, 0.3) is 10.9 Å². The zero-order valence-corrected chi connectivity index (χ0v) is 15.5.